The van der Waals surface area contributed by atoms with Crippen LogP contribution < -0.4 is 0 Å². The first-order valence-electron chi connectivity index (χ1n) is 5.87. The summed E-state index contributed by atoms with van der Waals surface area (Å²) in [5.41, 5.74) is 2.21. The highest BCUT2D eigenvalue weighted by molar-refractivity contribution is 7.98. The summed E-state index contributed by atoms with van der Waals surface area (Å²) in [5, 5.41) is 1.86. The average molecular weight is 308 g/mol. The molecule has 96 valence electrons. The molecule has 0 atom stereocenters. The van der Waals surface area contributed by atoms with E-state index in [-0.39, 0.29) is 0 Å². The van der Waals surface area contributed by atoms with Crippen molar-refractivity contribution in [3.05, 3.63) is 65.3 Å². The van der Waals surface area contributed by atoms with Crippen molar-refractivity contribution in [2.24, 2.45) is 0 Å². The molecule has 0 aliphatic heterocycles. The van der Waals surface area contributed by atoms with Crippen LogP contribution in [0.4, 0.5) is 0 Å². The molecule has 0 unspecified atom stereocenters. The van der Waals surface area contributed by atoms with Crippen LogP contribution in [-0.2, 0) is 5.88 Å². The predicted octanol–water partition coefficient (Wildman–Crippen LogP) is 5.59. The molecular weight excluding hydrogens is 297 g/mol. The highest BCUT2D eigenvalue weighted by Crippen LogP contribution is 2.31. The third-order valence-corrected chi connectivity index (χ3v) is 4.47. The smallest absolute Gasteiger partial charge is 0.0637 e. The second-order valence-corrected chi connectivity index (χ2v) is 5.89. The number of rotatable bonds is 3. The van der Waals surface area contributed by atoms with Crippen LogP contribution in [0, 0.1) is 0 Å². The zero-order valence-electron chi connectivity index (χ0n) is 10.0. The van der Waals surface area contributed by atoms with Crippen molar-refractivity contribution in [3.63, 3.8) is 0 Å². The monoisotopic (exact) mass is 307 g/mol. The molecule has 0 saturated carbocycles. The van der Waals surface area contributed by atoms with Crippen molar-refractivity contribution in [1.82, 2.24) is 3.97 Å². The van der Waals surface area contributed by atoms with Gasteiger partial charge < -0.3 is 0 Å². The van der Waals surface area contributed by atoms with Crippen LogP contribution in [0.15, 0.2) is 59.5 Å². The van der Waals surface area contributed by atoms with Crippen LogP contribution in [0.2, 0.25) is 5.02 Å². The van der Waals surface area contributed by atoms with Gasteiger partial charge in [0.2, 0.25) is 0 Å². The Morgan fingerprint density at radius 3 is 2.53 bits per heavy atom. The summed E-state index contributed by atoms with van der Waals surface area (Å²) < 4.78 is 2.16. The topological polar surface area (TPSA) is 4.93 Å². The lowest BCUT2D eigenvalue weighted by Gasteiger charge is -2.07. The highest BCUT2D eigenvalue weighted by Gasteiger charge is 2.09. The fraction of sp³-hybridized carbons (Fsp3) is 0.0667. The molecular formula is C15H11Cl2NS. The van der Waals surface area contributed by atoms with E-state index in [2.05, 4.69) is 22.2 Å². The Morgan fingerprint density at radius 1 is 1.00 bits per heavy atom. The van der Waals surface area contributed by atoms with Gasteiger partial charge in [-0.1, -0.05) is 29.8 Å². The van der Waals surface area contributed by atoms with Gasteiger partial charge in [-0.2, -0.15) is 0 Å². The average Bonchev–Trinajstić information content (AvgIpc) is 2.77. The first-order chi connectivity index (χ1) is 9.28. The molecule has 2 aromatic carbocycles. The van der Waals surface area contributed by atoms with Gasteiger partial charge in [-0.15, -0.1) is 11.6 Å². The molecule has 0 N–H and O–H groups in total. The lowest BCUT2D eigenvalue weighted by atomic mass is 10.2. The van der Waals surface area contributed by atoms with Gasteiger partial charge in [0.05, 0.1) is 11.4 Å². The largest absolute Gasteiger partial charge is 0.283 e. The summed E-state index contributed by atoms with van der Waals surface area (Å²) in [6, 6.07) is 18.2. The molecule has 1 aromatic heterocycles. The van der Waals surface area contributed by atoms with Crippen LogP contribution in [-0.4, -0.2) is 3.97 Å². The lowest BCUT2D eigenvalue weighted by molar-refractivity contribution is 1.17. The molecule has 3 rings (SSSR count). The van der Waals surface area contributed by atoms with Gasteiger partial charge in [-0.25, -0.2) is 0 Å². The van der Waals surface area contributed by atoms with Crippen molar-refractivity contribution in [1.29, 1.82) is 0 Å². The van der Waals surface area contributed by atoms with Crippen molar-refractivity contribution < 1.29 is 0 Å². The van der Waals surface area contributed by atoms with Gasteiger partial charge in [0, 0.05) is 21.0 Å². The molecule has 0 bridgehead atoms. The normalized spacial score (nSPS) is 11.1. The predicted molar refractivity (Wildman–Crippen MR) is 84.2 cm³/mol. The minimum atomic E-state index is 0.478. The second kappa shape index (κ2) is 5.49. The molecule has 4 heteroatoms. The summed E-state index contributed by atoms with van der Waals surface area (Å²) in [5.74, 6) is 0.478. The van der Waals surface area contributed by atoms with E-state index in [1.54, 1.807) is 11.9 Å². The standard InChI is InChI=1S/C15H11Cl2NS/c16-10-13-9-11-8-12(17)6-7-15(11)18(13)19-14-4-2-1-3-5-14/h1-9H,10H2. The van der Waals surface area contributed by atoms with Gasteiger partial charge >= 0.3 is 0 Å². The minimum Gasteiger partial charge on any atom is -0.283 e. The summed E-state index contributed by atoms with van der Waals surface area (Å²) in [6.07, 6.45) is 0. The first-order valence-corrected chi connectivity index (χ1v) is 7.56. The molecule has 0 aliphatic rings. The van der Waals surface area contributed by atoms with Crippen LogP contribution in [0.25, 0.3) is 10.9 Å². The van der Waals surface area contributed by atoms with Crippen molar-refractivity contribution in [2.45, 2.75) is 10.8 Å². The Bertz CT molecular complexity index is 707. The van der Waals surface area contributed by atoms with Crippen LogP contribution >= 0.6 is 35.1 Å². The van der Waals surface area contributed by atoms with E-state index in [1.807, 2.05) is 36.4 Å². The minimum absolute atomic E-state index is 0.478. The highest BCUT2D eigenvalue weighted by atomic mass is 35.5. The Balaban J connectivity index is 2.11. The van der Waals surface area contributed by atoms with E-state index in [9.17, 15) is 0 Å². The molecule has 1 heterocycles. The van der Waals surface area contributed by atoms with E-state index in [0.29, 0.717) is 5.88 Å². The van der Waals surface area contributed by atoms with E-state index in [1.165, 1.54) is 4.90 Å². The van der Waals surface area contributed by atoms with Crippen molar-refractivity contribution >= 4 is 46.1 Å². The lowest BCUT2D eigenvalue weighted by Crippen LogP contribution is -1.91. The maximum absolute atomic E-state index is 6.04. The van der Waals surface area contributed by atoms with Gasteiger partial charge in [-0.05, 0) is 48.3 Å². The second-order valence-electron chi connectivity index (χ2n) is 4.17. The molecule has 0 saturated heterocycles. The number of benzene rings is 2. The SMILES string of the molecule is ClCc1cc2cc(Cl)ccc2n1Sc1ccccc1. The molecule has 0 amide bonds. The van der Waals surface area contributed by atoms with Gasteiger partial charge in [-0.3, -0.25) is 3.97 Å². The van der Waals surface area contributed by atoms with E-state index < -0.39 is 0 Å². The van der Waals surface area contributed by atoms with E-state index in [4.69, 9.17) is 23.2 Å². The summed E-state index contributed by atoms with van der Waals surface area (Å²) >= 11 is 13.7. The number of nitrogens with zero attached hydrogens (tertiary/aromatic N) is 1. The zero-order valence-corrected chi connectivity index (χ0v) is 12.3. The van der Waals surface area contributed by atoms with Crippen LogP contribution in [0.1, 0.15) is 5.69 Å². The molecule has 0 spiro atoms. The fourth-order valence-corrected chi connectivity index (χ4v) is 3.44. The zero-order chi connectivity index (χ0) is 13.2. The Labute approximate surface area is 126 Å². The molecule has 0 aliphatic carbocycles. The maximum atomic E-state index is 6.04. The third-order valence-electron chi connectivity index (χ3n) is 2.87. The Hall–Kier alpha value is -1.09. The fourth-order valence-electron chi connectivity index (χ4n) is 2.01. The number of halogens is 2. The third kappa shape index (κ3) is 2.62. The summed E-state index contributed by atoms with van der Waals surface area (Å²) in [7, 11) is 0. The van der Waals surface area contributed by atoms with E-state index >= 15 is 0 Å². The van der Waals surface area contributed by atoms with E-state index in [0.717, 1.165) is 21.6 Å². The number of fused-ring (bicyclic) bond motifs is 1. The molecule has 0 radical (unpaired) electrons. The summed E-state index contributed by atoms with van der Waals surface area (Å²) in [6.45, 7) is 0. The number of alkyl halides is 1. The molecule has 0 fully saturated rings. The maximum Gasteiger partial charge on any atom is 0.0637 e. The molecule has 3 aromatic rings. The molecule has 1 nitrogen and oxygen atoms in total. The molecule has 19 heavy (non-hydrogen) atoms. The van der Waals surface area contributed by atoms with Crippen LogP contribution in [0.3, 0.4) is 0 Å². The first kappa shape index (κ1) is 12.9. The van der Waals surface area contributed by atoms with Gasteiger partial charge in [0.25, 0.3) is 0 Å². The van der Waals surface area contributed by atoms with Gasteiger partial charge in [0.1, 0.15) is 0 Å². The summed E-state index contributed by atoms with van der Waals surface area (Å²) in [4.78, 5) is 1.18. The quantitative estimate of drug-likeness (QED) is 0.571. The van der Waals surface area contributed by atoms with Crippen LogP contribution in [0.5, 0.6) is 0 Å². The number of hydrogen-bond donors (Lipinski definition) is 0. The Morgan fingerprint density at radius 2 is 1.79 bits per heavy atom. The van der Waals surface area contributed by atoms with Crippen molar-refractivity contribution in [3.8, 4) is 0 Å². The Kier molecular flexibility index (Phi) is 3.74. The van der Waals surface area contributed by atoms with Crippen molar-refractivity contribution in [2.75, 3.05) is 0 Å². The number of aromatic nitrogens is 1. The van der Waals surface area contributed by atoms with Gasteiger partial charge in [0.15, 0.2) is 0 Å². The number of hydrogen-bond acceptors (Lipinski definition) is 1.